The molecular weight excluding hydrogens is 416 g/mol. The van der Waals surface area contributed by atoms with Crippen molar-refractivity contribution in [3.8, 4) is 0 Å². The Morgan fingerprint density at radius 3 is 2.42 bits per heavy atom. The summed E-state index contributed by atoms with van der Waals surface area (Å²) in [5.41, 5.74) is 0.675. The summed E-state index contributed by atoms with van der Waals surface area (Å²) < 4.78 is 5.03. The van der Waals surface area contributed by atoms with Gasteiger partial charge in [-0.25, -0.2) is 0 Å². The highest BCUT2D eigenvalue weighted by molar-refractivity contribution is 5.27. The Morgan fingerprint density at radius 1 is 1.15 bits per heavy atom. The van der Waals surface area contributed by atoms with Crippen LogP contribution in [0.1, 0.15) is 91.9 Å². The molecule has 3 fully saturated rings. The lowest BCUT2D eigenvalue weighted by Gasteiger charge is -2.44. The molecule has 0 aromatic heterocycles. The number of fused-ring (bicyclic) bond motifs is 1. The minimum atomic E-state index is -1.59. The van der Waals surface area contributed by atoms with Crippen molar-refractivity contribution in [2.24, 2.45) is 23.2 Å². The van der Waals surface area contributed by atoms with Crippen LogP contribution >= 0.6 is 0 Å². The fourth-order valence-corrected chi connectivity index (χ4v) is 7.21. The van der Waals surface area contributed by atoms with Gasteiger partial charge < -0.3 is 25.2 Å². The first-order valence-electron chi connectivity index (χ1n) is 13.1. The van der Waals surface area contributed by atoms with E-state index >= 15 is 0 Å². The Labute approximate surface area is 200 Å². The largest absolute Gasteiger partial charge is 0.390 e. The van der Waals surface area contributed by atoms with E-state index in [1.807, 2.05) is 13.8 Å². The average Bonchev–Trinajstić information content (AvgIpc) is 3.07. The molecule has 0 spiro atoms. The lowest BCUT2D eigenvalue weighted by atomic mass is 9.60. The summed E-state index contributed by atoms with van der Waals surface area (Å²) in [5.74, 6) is 2.00. The zero-order valence-corrected chi connectivity index (χ0v) is 21.5. The Balaban J connectivity index is 1.68. The molecule has 5 nitrogen and oxygen atoms in total. The van der Waals surface area contributed by atoms with Gasteiger partial charge in [0.2, 0.25) is 0 Å². The highest BCUT2D eigenvalue weighted by Crippen LogP contribution is 2.60. The number of aliphatic hydroxyl groups is 4. The second-order valence-electron chi connectivity index (χ2n) is 12.2. The molecule has 0 amide bonds. The third-order valence-corrected chi connectivity index (χ3v) is 9.15. The number of hydrogen-bond donors (Lipinski definition) is 4. The molecule has 0 unspecified atom stereocenters. The van der Waals surface area contributed by atoms with Gasteiger partial charge in [-0.2, -0.15) is 0 Å². The summed E-state index contributed by atoms with van der Waals surface area (Å²) in [7, 11) is 1.47. The summed E-state index contributed by atoms with van der Waals surface area (Å²) in [6, 6.07) is 0. The molecule has 6 atom stereocenters. The van der Waals surface area contributed by atoms with Gasteiger partial charge in [-0.1, -0.05) is 50.0 Å². The van der Waals surface area contributed by atoms with E-state index in [0.717, 1.165) is 30.8 Å². The van der Waals surface area contributed by atoms with Crippen LogP contribution in [0.4, 0.5) is 0 Å². The molecule has 0 bridgehead atoms. The Bertz CT molecular complexity index is 706. The number of allylic oxidation sites excluding steroid dienone is 3. The quantitative estimate of drug-likeness (QED) is 0.424. The zero-order valence-electron chi connectivity index (χ0n) is 21.5. The maximum absolute atomic E-state index is 10.6. The van der Waals surface area contributed by atoms with Crippen LogP contribution in [0.2, 0.25) is 0 Å². The van der Waals surface area contributed by atoms with E-state index in [2.05, 4.69) is 26.0 Å². The van der Waals surface area contributed by atoms with Crippen LogP contribution in [0.3, 0.4) is 0 Å². The van der Waals surface area contributed by atoms with E-state index in [1.54, 1.807) is 0 Å². The molecule has 0 radical (unpaired) electrons. The van der Waals surface area contributed by atoms with Gasteiger partial charge in [-0.15, -0.1) is 0 Å². The number of hydrogen-bond acceptors (Lipinski definition) is 5. The molecule has 33 heavy (non-hydrogen) atoms. The summed E-state index contributed by atoms with van der Waals surface area (Å²) in [6.07, 6.45) is 12.3. The molecule has 0 saturated heterocycles. The number of ether oxygens (including phenoxy) is 1. The summed E-state index contributed by atoms with van der Waals surface area (Å²) in [4.78, 5) is 0. The molecular formula is C28H48O5. The molecule has 5 heteroatoms. The number of methoxy groups -OCH3 is 1. The monoisotopic (exact) mass is 464 g/mol. The lowest BCUT2D eigenvalue weighted by molar-refractivity contribution is -0.181. The third kappa shape index (κ3) is 5.92. The van der Waals surface area contributed by atoms with E-state index in [-0.39, 0.29) is 6.61 Å². The first-order chi connectivity index (χ1) is 15.4. The molecule has 3 rings (SSSR count). The highest BCUT2D eigenvalue weighted by atomic mass is 16.5. The van der Waals surface area contributed by atoms with E-state index in [1.165, 1.54) is 44.8 Å². The summed E-state index contributed by atoms with van der Waals surface area (Å²) in [6.45, 7) is 8.65. The minimum Gasteiger partial charge on any atom is -0.390 e. The molecule has 0 aromatic rings. The predicted molar refractivity (Wildman–Crippen MR) is 132 cm³/mol. The maximum atomic E-state index is 10.6. The first kappa shape index (κ1) is 26.9. The summed E-state index contributed by atoms with van der Waals surface area (Å²) in [5, 5.41) is 41.6. The second kappa shape index (κ2) is 10.5. The standard InChI is InChI=1S/C28H48O5/c1-19(8-6-14-26(2,3)31)22-12-13-23-21(9-7-15-27(22,23)4)11-10-20-16-24(29)28(32,18-33-5)25(30)17-20/h10-11,19,22-25,29-32H,6-9,12-18H2,1-5H3/b20-10?,21-11-/t19-,22+,23-,24+,25+,27+,28?/m0/s1. The van der Waals surface area contributed by atoms with Crippen LogP contribution < -0.4 is 0 Å². The van der Waals surface area contributed by atoms with Crippen LogP contribution in [0.15, 0.2) is 23.3 Å². The molecule has 0 aromatic carbocycles. The SMILES string of the molecule is COCC1(O)[C@H](O)CC(=C/C=C2/CCC[C@]3(C)[C@@H]([C@@H](C)CCCC(C)(C)O)CC[C@@H]23)C[C@H]1O. The van der Waals surface area contributed by atoms with E-state index < -0.39 is 23.4 Å². The lowest BCUT2D eigenvalue weighted by Crippen LogP contribution is -2.58. The van der Waals surface area contributed by atoms with Crippen molar-refractivity contribution < 1.29 is 25.2 Å². The van der Waals surface area contributed by atoms with E-state index in [9.17, 15) is 20.4 Å². The molecule has 3 aliphatic rings. The van der Waals surface area contributed by atoms with Crippen molar-refractivity contribution in [1.82, 2.24) is 0 Å². The molecule has 0 aliphatic heterocycles. The second-order valence-corrected chi connectivity index (χ2v) is 12.2. The summed E-state index contributed by atoms with van der Waals surface area (Å²) >= 11 is 0. The number of rotatable bonds is 8. The van der Waals surface area contributed by atoms with Gasteiger partial charge in [0.15, 0.2) is 0 Å². The van der Waals surface area contributed by atoms with Crippen LogP contribution in [0.25, 0.3) is 0 Å². The Hall–Kier alpha value is -0.720. The van der Waals surface area contributed by atoms with E-state index in [0.29, 0.717) is 30.1 Å². The molecule has 0 heterocycles. The van der Waals surface area contributed by atoms with E-state index in [4.69, 9.17) is 4.74 Å². The van der Waals surface area contributed by atoms with Crippen LogP contribution in [-0.2, 0) is 4.74 Å². The molecule has 4 N–H and O–H groups in total. The van der Waals surface area contributed by atoms with Crippen molar-refractivity contribution in [3.05, 3.63) is 23.3 Å². The Morgan fingerprint density at radius 2 is 1.82 bits per heavy atom. The van der Waals surface area contributed by atoms with Gasteiger partial charge >= 0.3 is 0 Å². The van der Waals surface area contributed by atoms with Crippen LogP contribution in [0.5, 0.6) is 0 Å². The van der Waals surface area contributed by atoms with Gasteiger partial charge in [0.1, 0.15) is 5.60 Å². The fraction of sp³-hybridized carbons (Fsp3) is 0.857. The van der Waals surface area contributed by atoms with Crippen molar-refractivity contribution in [3.63, 3.8) is 0 Å². The smallest absolute Gasteiger partial charge is 0.140 e. The fourth-order valence-electron chi connectivity index (χ4n) is 7.21. The average molecular weight is 465 g/mol. The predicted octanol–water partition coefficient (Wildman–Crippen LogP) is 4.53. The zero-order chi connectivity index (χ0) is 24.4. The van der Waals surface area contributed by atoms with Crippen LogP contribution in [0, 0.1) is 23.2 Å². The van der Waals surface area contributed by atoms with Gasteiger partial charge in [0, 0.05) is 7.11 Å². The van der Waals surface area contributed by atoms with Crippen molar-refractivity contribution in [2.45, 2.75) is 115 Å². The topological polar surface area (TPSA) is 90.2 Å². The van der Waals surface area contributed by atoms with Crippen molar-refractivity contribution in [1.29, 1.82) is 0 Å². The van der Waals surface area contributed by atoms with Crippen LogP contribution in [-0.4, -0.2) is 57.6 Å². The maximum Gasteiger partial charge on any atom is 0.140 e. The van der Waals surface area contributed by atoms with Gasteiger partial charge in [-0.05, 0) is 88.4 Å². The van der Waals surface area contributed by atoms with Crippen molar-refractivity contribution in [2.75, 3.05) is 13.7 Å². The molecule has 3 saturated carbocycles. The van der Waals surface area contributed by atoms with Gasteiger partial charge in [0.25, 0.3) is 0 Å². The Kier molecular flexibility index (Phi) is 8.55. The van der Waals surface area contributed by atoms with Gasteiger partial charge in [-0.3, -0.25) is 0 Å². The highest BCUT2D eigenvalue weighted by Gasteiger charge is 2.50. The molecule has 3 aliphatic carbocycles. The normalized spacial score (nSPS) is 39.5. The number of aliphatic hydroxyl groups excluding tert-OH is 2. The third-order valence-electron chi connectivity index (χ3n) is 9.15. The first-order valence-corrected chi connectivity index (χ1v) is 13.1. The minimum absolute atomic E-state index is 0.0699. The molecule has 190 valence electrons. The van der Waals surface area contributed by atoms with Gasteiger partial charge in [0.05, 0.1) is 24.4 Å². The van der Waals surface area contributed by atoms with Crippen molar-refractivity contribution >= 4 is 0 Å².